The summed E-state index contributed by atoms with van der Waals surface area (Å²) < 4.78 is 0. The maximum atomic E-state index is 2.49. The lowest BCUT2D eigenvalue weighted by Crippen LogP contribution is -2.09. The Balaban J connectivity index is 1.00. The predicted molar refractivity (Wildman–Crippen MR) is 325 cm³/mol. The summed E-state index contributed by atoms with van der Waals surface area (Å²) in [5.41, 5.74) is 16.3. The second-order valence-electron chi connectivity index (χ2n) is 19.6. The molecule has 0 heterocycles. The van der Waals surface area contributed by atoms with Crippen LogP contribution in [0.25, 0.3) is 98.4 Å². The Kier molecular flexibility index (Phi) is 11.2. The van der Waals surface area contributed by atoms with E-state index in [1.54, 1.807) is 0 Å². The van der Waals surface area contributed by atoms with Crippen molar-refractivity contribution in [2.45, 2.75) is 0 Å². The Morgan fingerprint density at radius 3 is 0.816 bits per heavy atom. The van der Waals surface area contributed by atoms with E-state index in [-0.39, 0.29) is 0 Å². The van der Waals surface area contributed by atoms with Gasteiger partial charge in [-0.1, -0.05) is 218 Å². The topological polar surface area (TPSA) is 6.48 Å². The molecule has 356 valence electrons. The van der Waals surface area contributed by atoms with Gasteiger partial charge in [-0.3, -0.25) is 0 Å². The number of fused-ring (bicyclic) bond motifs is 5. The number of benzene rings is 14. The lowest BCUT2D eigenvalue weighted by atomic mass is 9.82. The minimum atomic E-state index is 1.09. The van der Waals surface area contributed by atoms with Gasteiger partial charge in [-0.25, -0.2) is 0 Å². The van der Waals surface area contributed by atoms with Crippen molar-refractivity contribution < 1.29 is 0 Å². The summed E-state index contributed by atoms with van der Waals surface area (Å²) in [6.45, 7) is 0. The van der Waals surface area contributed by atoms with E-state index in [9.17, 15) is 0 Å². The maximum absolute atomic E-state index is 2.49. The van der Waals surface area contributed by atoms with Crippen molar-refractivity contribution in [3.8, 4) is 44.5 Å². The van der Waals surface area contributed by atoms with Crippen molar-refractivity contribution >= 4 is 88.0 Å². The largest absolute Gasteiger partial charge is 0.311 e. The number of para-hydroxylation sites is 4. The number of hydrogen-bond donors (Lipinski definition) is 0. The van der Waals surface area contributed by atoms with E-state index >= 15 is 0 Å². The first-order valence-corrected chi connectivity index (χ1v) is 26.2. The van der Waals surface area contributed by atoms with Gasteiger partial charge in [0.25, 0.3) is 0 Å². The summed E-state index contributed by atoms with van der Waals surface area (Å²) in [5, 5.41) is 12.2. The SMILES string of the molecule is c1ccc(N(c2ccccc2)c2ccc(-c3c4ccccc4c(-c4ccc(N(c5ccccc5)c5ccccc5)cc4)c4cc(-c5c6ccccc6c(-c6ccc7ccccc7c6)c6ccccc56)ccc34)cc2)cc1. The van der Waals surface area contributed by atoms with Crippen LogP contribution in [0.1, 0.15) is 0 Å². The molecule has 0 aliphatic rings. The predicted octanol–water partition coefficient (Wildman–Crippen LogP) is 21.1. The highest BCUT2D eigenvalue weighted by Crippen LogP contribution is 2.49. The molecule has 14 aromatic rings. The zero-order chi connectivity index (χ0) is 50.4. The summed E-state index contributed by atoms with van der Waals surface area (Å²) in [4.78, 5) is 4.66. The van der Waals surface area contributed by atoms with Crippen LogP contribution in [0.2, 0.25) is 0 Å². The zero-order valence-corrected chi connectivity index (χ0v) is 41.8. The number of nitrogens with zero attached hydrogens (tertiary/aromatic N) is 2. The fraction of sp³-hybridized carbons (Fsp3) is 0. The standard InChI is InChI=1S/C74H50N2/c1-5-23-57(24-6-1)75(58-25-7-2-8-26-58)61-44-39-52(40-45-61)71-63-31-15-16-32-64(63)72(53-41-46-62(47-42-53)76(59-27-9-3-10-28-59)60-29-11-4-12-30-60)70-50-56(43-48-69(70)71)74-67-35-19-17-33-65(67)73(66-34-18-20-36-68(66)74)55-38-37-51-21-13-14-22-54(51)49-55/h1-50H. The molecule has 0 N–H and O–H groups in total. The Hall–Kier alpha value is -10.0. The third-order valence-electron chi connectivity index (χ3n) is 15.2. The molecule has 0 unspecified atom stereocenters. The van der Waals surface area contributed by atoms with Gasteiger partial charge in [-0.15, -0.1) is 0 Å². The van der Waals surface area contributed by atoms with E-state index in [1.165, 1.54) is 87.2 Å². The number of rotatable bonds is 10. The summed E-state index contributed by atoms with van der Waals surface area (Å²) in [5.74, 6) is 0. The Labute approximate surface area is 443 Å². The first-order chi connectivity index (χ1) is 37.7. The zero-order valence-electron chi connectivity index (χ0n) is 41.8. The smallest absolute Gasteiger partial charge is 0.0462 e. The van der Waals surface area contributed by atoms with Crippen LogP contribution in [0, 0.1) is 0 Å². The molecule has 0 aromatic heterocycles. The van der Waals surface area contributed by atoms with Gasteiger partial charge in [-0.2, -0.15) is 0 Å². The lowest BCUT2D eigenvalue weighted by Gasteiger charge is -2.26. The van der Waals surface area contributed by atoms with Crippen LogP contribution in [-0.2, 0) is 0 Å². The number of hydrogen-bond acceptors (Lipinski definition) is 2. The van der Waals surface area contributed by atoms with Gasteiger partial charge in [0.1, 0.15) is 0 Å². The van der Waals surface area contributed by atoms with E-state index in [2.05, 4.69) is 313 Å². The molecular weight excluding hydrogens is 917 g/mol. The normalized spacial score (nSPS) is 11.4. The second kappa shape index (κ2) is 19.1. The summed E-state index contributed by atoms with van der Waals surface area (Å²) in [6, 6.07) is 111. The molecule has 0 spiro atoms. The Morgan fingerprint density at radius 1 is 0.158 bits per heavy atom. The van der Waals surface area contributed by atoms with E-state index in [1.807, 2.05) is 0 Å². The summed E-state index contributed by atoms with van der Waals surface area (Å²) in [7, 11) is 0. The molecule has 2 heteroatoms. The monoisotopic (exact) mass is 966 g/mol. The molecule has 14 aromatic carbocycles. The molecule has 0 saturated heterocycles. The molecule has 0 bridgehead atoms. The van der Waals surface area contributed by atoms with Crippen LogP contribution >= 0.6 is 0 Å². The highest BCUT2D eigenvalue weighted by molar-refractivity contribution is 6.25. The minimum absolute atomic E-state index is 1.09. The van der Waals surface area contributed by atoms with Crippen LogP contribution in [0.5, 0.6) is 0 Å². The third kappa shape index (κ3) is 7.83. The van der Waals surface area contributed by atoms with E-state index in [0.717, 1.165) is 45.3 Å². The molecule has 0 fully saturated rings. The lowest BCUT2D eigenvalue weighted by molar-refractivity contribution is 1.28. The Bertz CT molecular complexity index is 4280. The molecule has 0 aliphatic heterocycles. The van der Waals surface area contributed by atoms with E-state index < -0.39 is 0 Å². The first kappa shape index (κ1) is 44.7. The minimum Gasteiger partial charge on any atom is -0.311 e. The average molecular weight is 967 g/mol. The van der Waals surface area contributed by atoms with E-state index in [4.69, 9.17) is 0 Å². The highest BCUT2D eigenvalue weighted by atomic mass is 15.1. The quantitative estimate of drug-likeness (QED) is 0.126. The van der Waals surface area contributed by atoms with Gasteiger partial charge >= 0.3 is 0 Å². The van der Waals surface area contributed by atoms with Gasteiger partial charge in [-0.05, 0) is 183 Å². The second-order valence-corrected chi connectivity index (χ2v) is 19.6. The fourth-order valence-corrected chi connectivity index (χ4v) is 11.8. The van der Waals surface area contributed by atoms with Crippen molar-refractivity contribution in [1.29, 1.82) is 0 Å². The fourth-order valence-electron chi connectivity index (χ4n) is 11.8. The van der Waals surface area contributed by atoms with Crippen LogP contribution in [0.15, 0.2) is 303 Å². The Morgan fingerprint density at radius 2 is 0.421 bits per heavy atom. The first-order valence-electron chi connectivity index (χ1n) is 26.2. The van der Waals surface area contributed by atoms with Crippen molar-refractivity contribution in [1.82, 2.24) is 0 Å². The van der Waals surface area contributed by atoms with Crippen LogP contribution in [0.4, 0.5) is 34.1 Å². The number of anilines is 6. The van der Waals surface area contributed by atoms with Crippen LogP contribution in [-0.4, -0.2) is 0 Å². The molecule has 2 nitrogen and oxygen atoms in total. The van der Waals surface area contributed by atoms with Gasteiger partial charge in [0.15, 0.2) is 0 Å². The molecule has 0 amide bonds. The average Bonchev–Trinajstić information content (AvgIpc) is 3.52. The molecule has 0 atom stereocenters. The highest BCUT2D eigenvalue weighted by Gasteiger charge is 2.22. The molecule has 76 heavy (non-hydrogen) atoms. The van der Waals surface area contributed by atoms with Crippen molar-refractivity contribution in [3.05, 3.63) is 303 Å². The van der Waals surface area contributed by atoms with Gasteiger partial charge in [0.2, 0.25) is 0 Å². The molecule has 0 saturated carbocycles. The molecule has 0 radical (unpaired) electrons. The molecule has 0 aliphatic carbocycles. The van der Waals surface area contributed by atoms with Crippen LogP contribution in [0.3, 0.4) is 0 Å². The maximum Gasteiger partial charge on any atom is 0.0462 e. The molecular formula is C74H50N2. The van der Waals surface area contributed by atoms with Crippen molar-refractivity contribution in [3.63, 3.8) is 0 Å². The third-order valence-corrected chi connectivity index (χ3v) is 15.2. The summed E-state index contributed by atoms with van der Waals surface area (Å²) in [6.07, 6.45) is 0. The summed E-state index contributed by atoms with van der Waals surface area (Å²) >= 11 is 0. The van der Waals surface area contributed by atoms with Gasteiger partial charge in [0, 0.05) is 34.1 Å². The van der Waals surface area contributed by atoms with Gasteiger partial charge < -0.3 is 9.80 Å². The molecule has 14 rings (SSSR count). The van der Waals surface area contributed by atoms with Crippen molar-refractivity contribution in [2.24, 2.45) is 0 Å². The van der Waals surface area contributed by atoms with Gasteiger partial charge in [0.05, 0.1) is 0 Å². The van der Waals surface area contributed by atoms with Crippen LogP contribution < -0.4 is 9.80 Å². The van der Waals surface area contributed by atoms with Crippen molar-refractivity contribution in [2.75, 3.05) is 9.80 Å². The van der Waals surface area contributed by atoms with E-state index in [0.29, 0.717) is 0 Å².